The van der Waals surface area contributed by atoms with Gasteiger partial charge in [0.2, 0.25) is 0 Å². The highest BCUT2D eigenvalue weighted by molar-refractivity contribution is 5.76. The van der Waals surface area contributed by atoms with Gasteiger partial charge in [-0.3, -0.25) is 4.98 Å². The fourth-order valence-corrected chi connectivity index (χ4v) is 1.45. The largest absolute Gasteiger partial charge is 0.254 e. The highest BCUT2D eigenvalue weighted by Crippen LogP contribution is 2.17. The molecule has 0 N–H and O–H groups in total. The van der Waals surface area contributed by atoms with Gasteiger partial charge in [0.15, 0.2) is 5.82 Å². The predicted molar refractivity (Wildman–Crippen MR) is 54.0 cm³/mol. The zero-order valence-electron chi connectivity index (χ0n) is 7.38. The topological polar surface area (TPSA) is 38.7 Å². The van der Waals surface area contributed by atoms with E-state index >= 15 is 0 Å². The van der Waals surface area contributed by atoms with Crippen molar-refractivity contribution < 1.29 is 0 Å². The number of nitrogens with zero attached hydrogens (tertiary/aromatic N) is 3. The van der Waals surface area contributed by atoms with Gasteiger partial charge in [-0.1, -0.05) is 12.1 Å². The molecule has 66 valence electrons. The molecule has 0 aromatic heterocycles. The number of benzene rings is 1. The lowest BCUT2D eigenvalue weighted by Gasteiger charge is -1.87. The third kappa shape index (κ3) is 1.03. The first-order chi connectivity index (χ1) is 6.93. The van der Waals surface area contributed by atoms with Crippen LogP contribution in [0.5, 0.6) is 0 Å². The van der Waals surface area contributed by atoms with Crippen molar-refractivity contribution in [3.8, 4) is 11.4 Å². The van der Waals surface area contributed by atoms with Crippen molar-refractivity contribution in [1.82, 2.24) is 15.0 Å². The molecule has 0 spiro atoms. The van der Waals surface area contributed by atoms with Crippen molar-refractivity contribution >= 4 is 11.0 Å². The van der Waals surface area contributed by atoms with Crippen LogP contribution in [0.2, 0.25) is 0 Å². The molecule has 0 aliphatic carbocycles. The van der Waals surface area contributed by atoms with E-state index in [1.165, 1.54) is 0 Å². The van der Waals surface area contributed by atoms with E-state index in [9.17, 15) is 0 Å². The Bertz CT molecular complexity index is 562. The van der Waals surface area contributed by atoms with Crippen LogP contribution in [0.3, 0.4) is 0 Å². The van der Waals surface area contributed by atoms with E-state index in [0.29, 0.717) is 0 Å². The quantitative estimate of drug-likeness (QED) is 0.533. The average Bonchev–Trinajstić information content (AvgIpc) is 2.58. The van der Waals surface area contributed by atoms with Crippen molar-refractivity contribution in [2.24, 2.45) is 0 Å². The van der Waals surface area contributed by atoms with Crippen LogP contribution in [-0.2, 0) is 0 Å². The second-order valence-electron chi connectivity index (χ2n) is 3.08. The molecule has 3 rings (SSSR count). The van der Waals surface area contributed by atoms with Crippen LogP contribution < -0.4 is 0 Å². The van der Waals surface area contributed by atoms with Crippen LogP contribution in [-0.4, -0.2) is 15.0 Å². The van der Waals surface area contributed by atoms with Crippen molar-refractivity contribution in [1.29, 1.82) is 0 Å². The Labute approximate surface area is 80.8 Å². The van der Waals surface area contributed by atoms with Gasteiger partial charge in [0.05, 0.1) is 11.0 Å². The molecule has 2 heterocycles. The van der Waals surface area contributed by atoms with Crippen LogP contribution in [0, 0.1) is 0 Å². The third-order valence-corrected chi connectivity index (χ3v) is 2.16. The number of hydrogen-bond donors (Lipinski definition) is 0. The summed E-state index contributed by atoms with van der Waals surface area (Å²) in [6.45, 7) is 0. The summed E-state index contributed by atoms with van der Waals surface area (Å²) in [5.74, 6) is 0.749. The minimum Gasteiger partial charge on any atom is -0.254 e. The average molecular weight is 181 g/mol. The molecule has 0 unspecified atom stereocenters. The second-order valence-corrected chi connectivity index (χ2v) is 3.08. The Balaban J connectivity index is 2.48. The van der Waals surface area contributed by atoms with Crippen LogP contribution >= 0.6 is 0 Å². The van der Waals surface area contributed by atoms with Crippen molar-refractivity contribution in [2.75, 3.05) is 0 Å². The van der Waals surface area contributed by atoms with Gasteiger partial charge >= 0.3 is 0 Å². The minimum atomic E-state index is 0.749. The Morgan fingerprint density at radius 1 is 0.857 bits per heavy atom. The standard InChI is InChI=1S/C11H7N3/c1-2-4-10-9(3-1)13-7-8-5-6-12-11(8)14-10/h1-7H. The monoisotopic (exact) mass is 181 g/mol. The van der Waals surface area contributed by atoms with Gasteiger partial charge in [-0.2, -0.15) is 0 Å². The van der Waals surface area contributed by atoms with Crippen LogP contribution in [0.15, 0.2) is 42.7 Å². The lowest BCUT2D eigenvalue weighted by molar-refractivity contribution is 1.29. The van der Waals surface area contributed by atoms with E-state index in [2.05, 4.69) is 15.0 Å². The van der Waals surface area contributed by atoms with E-state index in [0.717, 1.165) is 22.4 Å². The fourth-order valence-electron chi connectivity index (χ4n) is 1.45. The number of rotatable bonds is 0. The molecule has 0 saturated heterocycles. The summed E-state index contributed by atoms with van der Waals surface area (Å²) >= 11 is 0. The minimum absolute atomic E-state index is 0.749. The van der Waals surface area contributed by atoms with Gasteiger partial charge < -0.3 is 0 Å². The molecule has 1 aromatic carbocycles. The molecule has 1 aromatic rings. The molecule has 0 bridgehead atoms. The van der Waals surface area contributed by atoms with Gasteiger partial charge in [-0.15, -0.1) is 0 Å². The normalized spacial score (nSPS) is 10.9. The van der Waals surface area contributed by atoms with E-state index in [-0.39, 0.29) is 0 Å². The van der Waals surface area contributed by atoms with Crippen molar-refractivity contribution in [2.45, 2.75) is 0 Å². The highest BCUT2D eigenvalue weighted by Gasteiger charge is 2.03. The second kappa shape index (κ2) is 2.73. The van der Waals surface area contributed by atoms with Crippen molar-refractivity contribution in [3.63, 3.8) is 0 Å². The third-order valence-electron chi connectivity index (χ3n) is 2.16. The Morgan fingerprint density at radius 3 is 2.64 bits per heavy atom. The molecule has 0 fully saturated rings. The summed E-state index contributed by atoms with van der Waals surface area (Å²) in [7, 11) is 0. The highest BCUT2D eigenvalue weighted by atomic mass is 14.9. The van der Waals surface area contributed by atoms with E-state index in [1.54, 1.807) is 12.4 Å². The molecular formula is C11H7N3. The van der Waals surface area contributed by atoms with Gasteiger partial charge in [0.25, 0.3) is 0 Å². The van der Waals surface area contributed by atoms with Crippen LogP contribution in [0.1, 0.15) is 0 Å². The zero-order chi connectivity index (χ0) is 9.38. The Hall–Kier alpha value is -2.03. The van der Waals surface area contributed by atoms with Gasteiger partial charge in [-0.05, 0) is 18.2 Å². The first-order valence-electron chi connectivity index (χ1n) is 4.40. The fraction of sp³-hybridized carbons (Fsp3) is 0. The molecule has 0 saturated carbocycles. The van der Waals surface area contributed by atoms with Crippen LogP contribution in [0.25, 0.3) is 22.4 Å². The maximum atomic E-state index is 4.43. The lowest BCUT2D eigenvalue weighted by atomic mass is 10.3. The summed E-state index contributed by atoms with van der Waals surface area (Å²) in [5, 5.41) is 0. The molecule has 2 aliphatic heterocycles. The maximum absolute atomic E-state index is 4.43. The molecule has 0 radical (unpaired) electrons. The summed E-state index contributed by atoms with van der Waals surface area (Å²) < 4.78 is 0. The molecule has 3 nitrogen and oxygen atoms in total. The number of hydrogen-bond acceptors (Lipinski definition) is 3. The first-order valence-corrected chi connectivity index (χ1v) is 4.40. The van der Waals surface area contributed by atoms with Gasteiger partial charge in [-0.25, -0.2) is 9.97 Å². The predicted octanol–water partition coefficient (Wildman–Crippen LogP) is 2.13. The van der Waals surface area contributed by atoms with Crippen molar-refractivity contribution in [3.05, 3.63) is 42.7 Å². The Kier molecular flexibility index (Phi) is 1.44. The molecule has 3 heteroatoms. The molecule has 0 atom stereocenters. The maximum Gasteiger partial charge on any atom is 0.161 e. The zero-order valence-corrected chi connectivity index (χ0v) is 7.38. The summed E-state index contributed by atoms with van der Waals surface area (Å²) in [4.78, 5) is 12.9. The summed E-state index contributed by atoms with van der Waals surface area (Å²) in [6, 6.07) is 9.70. The Morgan fingerprint density at radius 2 is 1.71 bits per heavy atom. The van der Waals surface area contributed by atoms with Gasteiger partial charge in [0, 0.05) is 18.0 Å². The molecule has 0 amide bonds. The number of aromatic nitrogens is 3. The lowest BCUT2D eigenvalue weighted by Crippen LogP contribution is -1.76. The first kappa shape index (κ1) is 7.38. The van der Waals surface area contributed by atoms with E-state index in [4.69, 9.17) is 0 Å². The summed E-state index contributed by atoms with van der Waals surface area (Å²) in [5.41, 5.74) is 2.74. The number of fused-ring (bicyclic) bond motifs is 2. The van der Waals surface area contributed by atoms with E-state index < -0.39 is 0 Å². The number of para-hydroxylation sites is 2. The molecule has 14 heavy (non-hydrogen) atoms. The van der Waals surface area contributed by atoms with Gasteiger partial charge in [0.1, 0.15) is 0 Å². The molecule has 2 aliphatic rings. The van der Waals surface area contributed by atoms with E-state index in [1.807, 2.05) is 30.3 Å². The smallest absolute Gasteiger partial charge is 0.161 e. The van der Waals surface area contributed by atoms with Crippen LogP contribution in [0.4, 0.5) is 0 Å². The SMILES string of the molecule is c1ccc2nc3nccc-3cnc2c1. The molecular weight excluding hydrogens is 174 g/mol. The summed E-state index contributed by atoms with van der Waals surface area (Å²) in [6.07, 6.45) is 3.55.